The zero-order valence-electron chi connectivity index (χ0n) is 20.2. The largest absolute Gasteiger partial charge is 0.489 e. The third kappa shape index (κ3) is 5.32. The Kier molecular flexibility index (Phi) is 6.80. The van der Waals surface area contributed by atoms with E-state index in [4.69, 9.17) is 27.8 Å². The maximum absolute atomic E-state index is 13.2. The number of urea groups is 1. The maximum Gasteiger partial charge on any atom is 0.416 e. The van der Waals surface area contributed by atoms with E-state index in [1.165, 1.54) is 12.1 Å². The standard InChI is InChI=1S/C28H21ClF3N5O2/c29-19-7-11-22(12-8-19)39-15-17-6-13-23(24-25(17)35-36-26(24)33)16-4-9-20(10-5-16)37(27(34)38)21-3-1-2-18(14-21)28(30,31)32/h1-14H,15H2,(H2,34,38)(H3,33,35,36). The zero-order chi connectivity index (χ0) is 27.7. The molecule has 39 heavy (non-hydrogen) atoms. The van der Waals surface area contributed by atoms with Gasteiger partial charge in [-0.15, -0.1) is 0 Å². The predicted molar refractivity (Wildman–Crippen MR) is 145 cm³/mol. The Labute approximate surface area is 225 Å². The van der Waals surface area contributed by atoms with Crippen LogP contribution in [0.5, 0.6) is 5.75 Å². The van der Waals surface area contributed by atoms with Crippen molar-refractivity contribution in [1.29, 1.82) is 0 Å². The van der Waals surface area contributed by atoms with E-state index in [1.807, 2.05) is 12.1 Å². The molecule has 1 heterocycles. The third-order valence-corrected chi connectivity index (χ3v) is 6.38. The van der Waals surface area contributed by atoms with Gasteiger partial charge in [-0.1, -0.05) is 41.9 Å². The number of ether oxygens (including phenoxy) is 1. The summed E-state index contributed by atoms with van der Waals surface area (Å²) >= 11 is 5.93. The number of alkyl halides is 3. The van der Waals surface area contributed by atoms with Gasteiger partial charge in [0.2, 0.25) is 0 Å². The molecule has 7 nitrogen and oxygen atoms in total. The third-order valence-electron chi connectivity index (χ3n) is 6.13. The molecule has 0 aliphatic heterocycles. The number of aromatic amines is 1. The molecule has 0 spiro atoms. The fourth-order valence-corrected chi connectivity index (χ4v) is 4.41. The van der Waals surface area contributed by atoms with Crippen LogP contribution in [0.15, 0.2) is 84.9 Å². The predicted octanol–water partition coefficient (Wildman–Crippen LogP) is 7.28. The Balaban J connectivity index is 1.46. The monoisotopic (exact) mass is 551 g/mol. The molecule has 5 N–H and O–H groups in total. The second kappa shape index (κ2) is 10.2. The number of hydrogen-bond donors (Lipinski definition) is 3. The Bertz CT molecular complexity index is 1650. The van der Waals surface area contributed by atoms with Crippen molar-refractivity contribution in [1.82, 2.24) is 10.2 Å². The van der Waals surface area contributed by atoms with Crippen molar-refractivity contribution < 1.29 is 22.7 Å². The quantitative estimate of drug-likeness (QED) is 0.206. The van der Waals surface area contributed by atoms with Gasteiger partial charge in [-0.25, -0.2) is 4.79 Å². The number of fused-ring (bicyclic) bond motifs is 1. The molecule has 0 saturated carbocycles. The molecule has 0 aliphatic carbocycles. The number of benzene rings is 4. The maximum atomic E-state index is 13.2. The second-order valence-corrected chi connectivity index (χ2v) is 9.08. The minimum Gasteiger partial charge on any atom is -0.489 e. The first kappa shape index (κ1) is 25.9. The molecule has 0 unspecified atom stereocenters. The van der Waals surface area contributed by atoms with Gasteiger partial charge in [0.05, 0.1) is 27.8 Å². The summed E-state index contributed by atoms with van der Waals surface area (Å²) in [6, 6.07) is 20.9. The normalized spacial score (nSPS) is 11.5. The summed E-state index contributed by atoms with van der Waals surface area (Å²) in [5, 5.41) is 8.41. The molecule has 11 heteroatoms. The van der Waals surface area contributed by atoms with Gasteiger partial charge >= 0.3 is 12.2 Å². The lowest BCUT2D eigenvalue weighted by molar-refractivity contribution is -0.137. The highest BCUT2D eigenvalue weighted by Gasteiger charge is 2.31. The molecule has 4 aromatic carbocycles. The number of nitrogens with zero attached hydrogens (tertiary/aromatic N) is 2. The molecule has 0 bridgehead atoms. The number of halogens is 4. The number of nitrogens with two attached hydrogens (primary N) is 2. The summed E-state index contributed by atoms with van der Waals surface area (Å²) in [6.07, 6.45) is -4.56. The Morgan fingerprint density at radius 2 is 1.69 bits per heavy atom. The van der Waals surface area contributed by atoms with Crippen molar-refractivity contribution in [3.63, 3.8) is 0 Å². The van der Waals surface area contributed by atoms with E-state index in [2.05, 4.69) is 10.2 Å². The number of aromatic nitrogens is 2. The average Bonchev–Trinajstić information content (AvgIpc) is 3.30. The number of hydrogen-bond acceptors (Lipinski definition) is 4. The number of rotatable bonds is 6. The van der Waals surface area contributed by atoms with Gasteiger partial charge in [0.1, 0.15) is 12.4 Å². The summed E-state index contributed by atoms with van der Waals surface area (Å²) in [5.41, 5.74) is 14.2. The molecule has 0 saturated heterocycles. The first-order valence-corrected chi connectivity index (χ1v) is 12.0. The van der Waals surface area contributed by atoms with Crippen LogP contribution in [-0.4, -0.2) is 16.2 Å². The van der Waals surface area contributed by atoms with Gasteiger partial charge in [-0.3, -0.25) is 10.00 Å². The van der Waals surface area contributed by atoms with Crippen molar-refractivity contribution in [2.75, 3.05) is 10.6 Å². The van der Waals surface area contributed by atoms with Crippen molar-refractivity contribution in [2.24, 2.45) is 5.73 Å². The summed E-state index contributed by atoms with van der Waals surface area (Å²) in [4.78, 5) is 13.3. The van der Waals surface area contributed by atoms with E-state index in [1.54, 1.807) is 48.5 Å². The highest BCUT2D eigenvalue weighted by Crippen LogP contribution is 2.37. The lowest BCUT2D eigenvalue weighted by Gasteiger charge is -2.22. The lowest BCUT2D eigenvalue weighted by atomic mass is 9.98. The summed E-state index contributed by atoms with van der Waals surface area (Å²) in [6.45, 7) is 0.254. The van der Waals surface area contributed by atoms with Gasteiger partial charge in [0, 0.05) is 10.6 Å². The minimum atomic E-state index is -4.56. The van der Waals surface area contributed by atoms with E-state index >= 15 is 0 Å². The van der Waals surface area contributed by atoms with E-state index in [9.17, 15) is 18.0 Å². The van der Waals surface area contributed by atoms with Crippen LogP contribution in [0.25, 0.3) is 22.0 Å². The van der Waals surface area contributed by atoms with Gasteiger partial charge in [0.15, 0.2) is 5.82 Å². The number of nitrogen functional groups attached to an aromatic ring is 1. The molecular weight excluding hydrogens is 531 g/mol. The van der Waals surface area contributed by atoms with Crippen molar-refractivity contribution in [3.05, 3.63) is 101 Å². The average molecular weight is 552 g/mol. The van der Waals surface area contributed by atoms with Crippen molar-refractivity contribution >= 4 is 45.7 Å². The molecule has 0 aliphatic rings. The summed E-state index contributed by atoms with van der Waals surface area (Å²) < 4.78 is 45.5. The molecule has 5 rings (SSSR count). The number of carbonyl (C=O) groups is 1. The van der Waals surface area contributed by atoms with Gasteiger partial charge < -0.3 is 16.2 Å². The van der Waals surface area contributed by atoms with Crippen LogP contribution in [0.3, 0.4) is 0 Å². The molecule has 0 atom stereocenters. The molecule has 5 aromatic rings. The molecule has 0 radical (unpaired) electrons. The van der Waals surface area contributed by atoms with Crippen LogP contribution in [0.1, 0.15) is 11.1 Å². The second-order valence-electron chi connectivity index (χ2n) is 8.64. The summed E-state index contributed by atoms with van der Waals surface area (Å²) in [5.74, 6) is 0.944. The van der Waals surface area contributed by atoms with Crippen LogP contribution >= 0.6 is 11.6 Å². The lowest BCUT2D eigenvalue weighted by Crippen LogP contribution is -2.31. The van der Waals surface area contributed by atoms with Gasteiger partial charge in [0.25, 0.3) is 0 Å². The fourth-order valence-electron chi connectivity index (χ4n) is 4.28. The first-order chi connectivity index (χ1) is 18.6. The Morgan fingerprint density at radius 1 is 0.974 bits per heavy atom. The van der Waals surface area contributed by atoms with Crippen molar-refractivity contribution in [3.8, 4) is 16.9 Å². The fraction of sp³-hybridized carbons (Fsp3) is 0.0714. The zero-order valence-corrected chi connectivity index (χ0v) is 20.9. The van der Waals surface area contributed by atoms with Crippen LogP contribution in [0.2, 0.25) is 5.02 Å². The molecule has 2 amide bonds. The SMILES string of the molecule is NC(=O)N(c1ccc(-c2ccc(COc3ccc(Cl)cc3)c3[nH]nc(N)c23)cc1)c1cccc(C(F)(F)F)c1. The van der Waals surface area contributed by atoms with Crippen LogP contribution in [-0.2, 0) is 12.8 Å². The smallest absolute Gasteiger partial charge is 0.416 e. The van der Waals surface area contributed by atoms with Crippen LogP contribution < -0.4 is 21.1 Å². The van der Waals surface area contributed by atoms with E-state index in [-0.39, 0.29) is 12.3 Å². The number of amides is 2. The van der Waals surface area contributed by atoms with Gasteiger partial charge in [-0.2, -0.15) is 18.3 Å². The highest BCUT2D eigenvalue weighted by molar-refractivity contribution is 6.30. The number of nitrogens with one attached hydrogen (secondary N) is 1. The molecular formula is C28H21ClF3N5O2. The van der Waals surface area contributed by atoms with E-state index in [0.29, 0.717) is 33.2 Å². The molecule has 198 valence electrons. The van der Waals surface area contributed by atoms with Gasteiger partial charge in [-0.05, 0) is 65.7 Å². The summed E-state index contributed by atoms with van der Waals surface area (Å²) in [7, 11) is 0. The number of H-pyrrole nitrogens is 1. The van der Waals surface area contributed by atoms with E-state index < -0.39 is 17.8 Å². The Hall–Kier alpha value is -4.70. The number of primary amides is 1. The van der Waals surface area contributed by atoms with E-state index in [0.717, 1.165) is 33.7 Å². The first-order valence-electron chi connectivity index (χ1n) is 11.6. The topological polar surface area (TPSA) is 110 Å². The minimum absolute atomic E-state index is 0.00316. The number of carbonyl (C=O) groups excluding carboxylic acids is 1. The van der Waals surface area contributed by atoms with Crippen LogP contribution in [0, 0.1) is 0 Å². The van der Waals surface area contributed by atoms with Crippen LogP contribution in [0.4, 0.5) is 35.2 Å². The molecule has 0 fully saturated rings. The Morgan fingerprint density at radius 3 is 2.36 bits per heavy atom. The number of anilines is 3. The molecule has 1 aromatic heterocycles. The van der Waals surface area contributed by atoms with Crippen molar-refractivity contribution in [2.45, 2.75) is 12.8 Å². The highest BCUT2D eigenvalue weighted by atomic mass is 35.5.